The minimum absolute atomic E-state index is 1.43. The van der Waals surface area contributed by atoms with Crippen LogP contribution in [0.3, 0.4) is 0 Å². The van der Waals surface area contributed by atoms with Crippen molar-refractivity contribution in [3.8, 4) is 0 Å². The van der Waals surface area contributed by atoms with Gasteiger partial charge in [0.15, 0.2) is 0 Å². The number of hydrogen-bond acceptors (Lipinski definition) is 4. The summed E-state index contributed by atoms with van der Waals surface area (Å²) in [5.74, 6) is 0. The molecule has 0 atom stereocenters. The summed E-state index contributed by atoms with van der Waals surface area (Å²) in [6.07, 6.45) is 0. The smallest absolute Gasteiger partial charge is 0.00901 e. The lowest BCUT2D eigenvalue weighted by Gasteiger charge is -1.79. The van der Waals surface area contributed by atoms with E-state index < -0.39 is 0 Å². The molecule has 0 N–H and O–H groups in total. The second kappa shape index (κ2) is 6.14. The van der Waals surface area contributed by atoms with E-state index in [4.69, 9.17) is 0 Å². The topological polar surface area (TPSA) is 0 Å². The van der Waals surface area contributed by atoms with Gasteiger partial charge in [0.05, 0.1) is 0 Å². The highest BCUT2D eigenvalue weighted by Crippen LogP contribution is 2.36. The largest absolute Gasteiger partial charge is 0.0989 e. The number of rotatable bonds is 3. The average Bonchev–Trinajstić information content (AvgIpc) is 1.61. The maximum Gasteiger partial charge on any atom is -0.00901 e. The normalized spacial score (nSPS) is 8.17. The summed E-state index contributed by atoms with van der Waals surface area (Å²) in [5.41, 5.74) is 0. The van der Waals surface area contributed by atoms with E-state index in [2.05, 4.69) is 18.2 Å². The van der Waals surface area contributed by atoms with Crippen LogP contribution in [0.1, 0.15) is 0 Å². The quantitative estimate of drug-likeness (QED) is 0.379. The first kappa shape index (κ1) is 7.14. The van der Waals surface area contributed by atoms with Crippen molar-refractivity contribution >= 4 is 42.1 Å². The molecular formula is C2H4S4. The third-order valence-electron chi connectivity index (χ3n) is 0.138. The molecule has 0 aromatic carbocycles. The SMILES string of the molecule is C=CSSSS. The van der Waals surface area contributed by atoms with Gasteiger partial charge in [-0.05, 0) is 25.1 Å². The molecular weight excluding hydrogens is 152 g/mol. The summed E-state index contributed by atoms with van der Waals surface area (Å²) >= 11 is 3.87. The van der Waals surface area contributed by atoms with Crippen LogP contribution < -0.4 is 0 Å². The van der Waals surface area contributed by atoms with E-state index in [0.717, 1.165) is 0 Å². The Morgan fingerprint density at radius 1 is 1.67 bits per heavy atom. The van der Waals surface area contributed by atoms with Gasteiger partial charge in [-0.1, -0.05) is 29.0 Å². The fourth-order valence-corrected chi connectivity index (χ4v) is 2.17. The van der Waals surface area contributed by atoms with Gasteiger partial charge in [0.1, 0.15) is 0 Å². The van der Waals surface area contributed by atoms with Gasteiger partial charge in [-0.3, -0.25) is 0 Å². The molecule has 0 aliphatic rings. The van der Waals surface area contributed by atoms with E-state index in [1.807, 2.05) is 0 Å². The van der Waals surface area contributed by atoms with Crippen LogP contribution in [0.5, 0.6) is 0 Å². The maximum atomic E-state index is 3.87. The van der Waals surface area contributed by atoms with Crippen LogP contribution in [0, 0.1) is 0 Å². The maximum absolute atomic E-state index is 3.87. The van der Waals surface area contributed by atoms with Crippen molar-refractivity contribution in [2.75, 3.05) is 0 Å². The molecule has 36 valence electrons. The van der Waals surface area contributed by atoms with Crippen molar-refractivity contribution in [2.24, 2.45) is 0 Å². The molecule has 4 heteroatoms. The molecule has 0 heterocycles. The van der Waals surface area contributed by atoms with Crippen LogP contribution in [0.2, 0.25) is 0 Å². The molecule has 6 heavy (non-hydrogen) atoms. The van der Waals surface area contributed by atoms with E-state index in [9.17, 15) is 0 Å². The zero-order valence-corrected chi connectivity index (χ0v) is 6.30. The molecule has 0 radical (unpaired) electrons. The highest BCUT2D eigenvalue weighted by Gasteiger charge is 1.73. The third kappa shape index (κ3) is 5.14. The molecule has 0 aliphatic carbocycles. The van der Waals surface area contributed by atoms with Gasteiger partial charge < -0.3 is 0 Å². The zero-order chi connectivity index (χ0) is 4.83. The van der Waals surface area contributed by atoms with Crippen molar-refractivity contribution in [1.29, 1.82) is 0 Å². The Labute approximate surface area is 54.1 Å². The molecule has 0 saturated carbocycles. The molecule has 0 amide bonds. The summed E-state index contributed by atoms with van der Waals surface area (Å²) < 4.78 is 0. The predicted molar refractivity (Wildman–Crippen MR) is 42.0 cm³/mol. The van der Waals surface area contributed by atoms with Gasteiger partial charge in [-0.2, -0.15) is 0 Å². The highest BCUT2D eigenvalue weighted by atomic mass is 33.7. The molecule has 0 saturated heterocycles. The van der Waals surface area contributed by atoms with Gasteiger partial charge in [0.2, 0.25) is 0 Å². The minimum Gasteiger partial charge on any atom is -0.0989 e. The Balaban J connectivity index is 2.49. The lowest BCUT2D eigenvalue weighted by Crippen LogP contribution is -1.22. The first-order valence-electron chi connectivity index (χ1n) is 1.16. The summed E-state index contributed by atoms with van der Waals surface area (Å²) in [6.45, 7) is 3.49. The van der Waals surface area contributed by atoms with Gasteiger partial charge in [0.25, 0.3) is 0 Å². The van der Waals surface area contributed by atoms with Crippen LogP contribution in [-0.2, 0) is 0 Å². The van der Waals surface area contributed by atoms with E-state index >= 15 is 0 Å². The molecule has 0 spiro atoms. The minimum atomic E-state index is 1.43. The first-order chi connectivity index (χ1) is 2.91. The second-order valence-corrected chi connectivity index (χ2v) is 5.22. The van der Waals surface area contributed by atoms with E-state index in [0.29, 0.717) is 0 Å². The van der Waals surface area contributed by atoms with Gasteiger partial charge in [-0.15, -0.1) is 0 Å². The molecule has 0 rings (SSSR count). The Morgan fingerprint density at radius 3 is 2.50 bits per heavy atom. The Hall–Kier alpha value is 1.14. The van der Waals surface area contributed by atoms with Crippen molar-refractivity contribution in [3.63, 3.8) is 0 Å². The van der Waals surface area contributed by atoms with Crippen molar-refractivity contribution in [3.05, 3.63) is 12.0 Å². The van der Waals surface area contributed by atoms with Crippen LogP contribution in [0.15, 0.2) is 12.0 Å². The summed E-state index contributed by atoms with van der Waals surface area (Å²) in [6, 6.07) is 0. The molecule has 0 fully saturated rings. The molecule has 0 aliphatic heterocycles. The van der Waals surface area contributed by atoms with E-state index in [1.165, 1.54) is 9.83 Å². The van der Waals surface area contributed by atoms with Crippen LogP contribution in [0.4, 0.5) is 0 Å². The molecule has 0 nitrogen and oxygen atoms in total. The number of thiol groups is 1. The fourth-order valence-electron chi connectivity index (χ4n) is 0.0453. The van der Waals surface area contributed by atoms with Gasteiger partial charge in [0, 0.05) is 0 Å². The lowest BCUT2D eigenvalue weighted by atomic mass is 11.3. The summed E-state index contributed by atoms with van der Waals surface area (Å²) in [4.78, 5) is 0. The van der Waals surface area contributed by atoms with Crippen molar-refractivity contribution in [1.82, 2.24) is 0 Å². The van der Waals surface area contributed by atoms with Gasteiger partial charge >= 0.3 is 0 Å². The predicted octanol–water partition coefficient (Wildman–Crippen LogP) is 3.00. The van der Waals surface area contributed by atoms with Crippen molar-refractivity contribution in [2.45, 2.75) is 0 Å². The summed E-state index contributed by atoms with van der Waals surface area (Å²) in [5, 5.41) is 1.77. The molecule has 0 unspecified atom stereocenters. The van der Waals surface area contributed by atoms with E-state index in [-0.39, 0.29) is 0 Å². The molecule has 0 aromatic heterocycles. The monoisotopic (exact) mass is 156 g/mol. The fraction of sp³-hybridized carbons (Fsp3) is 0. The molecule has 0 bridgehead atoms. The highest BCUT2D eigenvalue weighted by molar-refractivity contribution is 9.24. The lowest BCUT2D eigenvalue weighted by molar-refractivity contribution is 2.69. The first-order valence-corrected chi connectivity index (χ1v) is 5.76. The van der Waals surface area contributed by atoms with Gasteiger partial charge in [-0.25, -0.2) is 0 Å². The Morgan fingerprint density at radius 2 is 2.33 bits per heavy atom. The molecule has 0 aromatic rings. The zero-order valence-electron chi connectivity index (χ0n) is 2.96. The standard InChI is InChI=1S/C2H4S4/c1-2-4-6-5-3/h2-3H,1H2. The number of hydrogen-bond donors (Lipinski definition) is 1. The Kier molecular flexibility index (Phi) is 7.31. The third-order valence-corrected chi connectivity index (χ3v) is 4.14. The van der Waals surface area contributed by atoms with E-state index in [1.54, 1.807) is 26.0 Å². The van der Waals surface area contributed by atoms with Crippen LogP contribution >= 0.6 is 42.1 Å². The average molecular weight is 156 g/mol. The van der Waals surface area contributed by atoms with Crippen LogP contribution in [-0.4, -0.2) is 0 Å². The Bertz CT molecular complexity index is 34.5. The second-order valence-electron chi connectivity index (χ2n) is 0.405. The van der Waals surface area contributed by atoms with Crippen molar-refractivity contribution < 1.29 is 0 Å². The van der Waals surface area contributed by atoms with Crippen LogP contribution in [0.25, 0.3) is 0 Å². The summed E-state index contributed by atoms with van der Waals surface area (Å²) in [7, 11) is 4.59.